The zero-order valence-electron chi connectivity index (χ0n) is 23.4. The highest BCUT2D eigenvalue weighted by atomic mass is 35.5. The number of aromatic nitrogens is 1. The van der Waals surface area contributed by atoms with Gasteiger partial charge in [0.1, 0.15) is 0 Å². The van der Waals surface area contributed by atoms with Gasteiger partial charge < -0.3 is 24.7 Å². The number of para-hydroxylation sites is 2. The number of fused-ring (bicyclic) bond motifs is 1. The average molecular weight is 617 g/mol. The van der Waals surface area contributed by atoms with Crippen molar-refractivity contribution in [3.63, 3.8) is 0 Å². The van der Waals surface area contributed by atoms with Crippen LogP contribution in [0.5, 0.6) is 0 Å². The number of carboxylic acid groups (broad SMARTS) is 1. The molecule has 0 atom stereocenters. The van der Waals surface area contributed by atoms with E-state index in [1.807, 2.05) is 0 Å². The summed E-state index contributed by atoms with van der Waals surface area (Å²) in [5, 5.41) is 8.38. The third-order valence-corrected chi connectivity index (χ3v) is 6.03. The fourth-order valence-electron chi connectivity index (χ4n) is 3.56. The number of hydrogen-bond donors (Lipinski definition) is 2. The van der Waals surface area contributed by atoms with Gasteiger partial charge in [-0.15, -0.1) is 0 Å². The lowest BCUT2D eigenvalue weighted by Gasteiger charge is -2.03. The van der Waals surface area contributed by atoms with Crippen LogP contribution in [0.3, 0.4) is 0 Å². The number of nitrogens with zero attached hydrogens (tertiary/aromatic N) is 1. The molecule has 0 fully saturated rings. The summed E-state index contributed by atoms with van der Waals surface area (Å²) in [5.41, 5.74) is 7.72. The molecule has 224 valence electrons. The fourth-order valence-corrected chi connectivity index (χ4v) is 3.68. The number of ether oxygens (including phenoxy) is 2. The van der Waals surface area contributed by atoms with E-state index in [0.717, 1.165) is 0 Å². The second-order valence-corrected chi connectivity index (χ2v) is 8.97. The van der Waals surface area contributed by atoms with Crippen molar-refractivity contribution in [3.8, 4) is 11.5 Å². The zero-order valence-corrected chi connectivity index (χ0v) is 24.1. The number of carboxylic acids is 1. The third-order valence-electron chi connectivity index (χ3n) is 5.81. The number of nitrogen functional groups attached to an aromatic ring is 1. The maximum absolute atomic E-state index is 11.9. The van der Waals surface area contributed by atoms with E-state index in [0.29, 0.717) is 38.8 Å². The first-order valence-electron chi connectivity index (χ1n) is 12.6. The van der Waals surface area contributed by atoms with Crippen molar-refractivity contribution in [3.05, 3.63) is 130 Å². The molecule has 0 saturated heterocycles. The van der Waals surface area contributed by atoms with Crippen molar-refractivity contribution in [1.29, 1.82) is 0 Å². The van der Waals surface area contributed by atoms with Crippen molar-refractivity contribution in [2.75, 3.05) is 20.0 Å². The van der Waals surface area contributed by atoms with Gasteiger partial charge in [0.2, 0.25) is 5.89 Å². The van der Waals surface area contributed by atoms with Gasteiger partial charge in [0.05, 0.1) is 41.8 Å². The lowest BCUT2D eigenvalue weighted by atomic mass is 10.1. The summed E-state index contributed by atoms with van der Waals surface area (Å²) in [6.45, 7) is 0. The molecule has 1 heterocycles. The van der Waals surface area contributed by atoms with Gasteiger partial charge in [-0.25, -0.2) is 24.2 Å². The number of nitrogens with two attached hydrogens (primary N) is 1. The minimum absolute atomic E-state index is 0.155. The summed E-state index contributed by atoms with van der Waals surface area (Å²) < 4.78 is 14.3. The molecule has 0 aliphatic carbocycles. The Morgan fingerprint density at radius 3 is 1.75 bits per heavy atom. The number of hydrogen-bond acceptors (Lipinski definition) is 10. The topological polar surface area (TPSA) is 176 Å². The van der Waals surface area contributed by atoms with Crippen LogP contribution in [0.25, 0.3) is 22.4 Å². The Hall–Kier alpha value is -5.81. The van der Waals surface area contributed by atoms with Crippen LogP contribution >= 0.6 is 11.6 Å². The predicted octanol–water partition coefficient (Wildman–Crippen LogP) is 5.46. The molecular formula is C32H25ClN2O9. The van der Waals surface area contributed by atoms with Crippen LogP contribution in [0, 0.1) is 0 Å². The van der Waals surface area contributed by atoms with Crippen molar-refractivity contribution in [2.24, 2.45) is 0 Å². The number of esters is 2. The fraction of sp³-hybridized carbons (Fsp3) is 0.0625. The van der Waals surface area contributed by atoms with Crippen molar-refractivity contribution in [1.82, 2.24) is 4.98 Å². The Morgan fingerprint density at radius 1 is 0.750 bits per heavy atom. The highest BCUT2D eigenvalue weighted by molar-refractivity contribution is 6.67. The molecular weight excluding hydrogens is 592 g/mol. The van der Waals surface area contributed by atoms with E-state index < -0.39 is 28.8 Å². The molecule has 11 nitrogen and oxygen atoms in total. The molecule has 1 aromatic heterocycles. The second-order valence-electron chi connectivity index (χ2n) is 8.63. The normalized spacial score (nSPS) is 9.89. The molecule has 44 heavy (non-hydrogen) atoms. The Balaban J connectivity index is 0.000000197. The highest BCUT2D eigenvalue weighted by Gasteiger charge is 2.10. The third kappa shape index (κ3) is 8.60. The van der Waals surface area contributed by atoms with Crippen LogP contribution in [0.1, 0.15) is 41.4 Å². The van der Waals surface area contributed by atoms with Crippen LogP contribution in [0.15, 0.2) is 106 Å². The predicted molar refractivity (Wildman–Crippen MR) is 163 cm³/mol. The molecule has 0 amide bonds. The summed E-state index contributed by atoms with van der Waals surface area (Å²) in [5.74, 6) is -1.63. The van der Waals surface area contributed by atoms with Gasteiger partial charge in [-0.05, 0) is 84.4 Å². The molecule has 5 rings (SSSR count). The first-order valence-corrected chi connectivity index (χ1v) is 13.0. The SMILES string of the molecule is COC(=O)c1ccc(-c2nc3ccccc3c(=O)o2)cc1.COC(=O)c1ccc(C(=O)Cl)cc1.Nc1ccccc1C(=O)O. The molecule has 12 heteroatoms. The van der Waals surface area contributed by atoms with Crippen molar-refractivity contribution in [2.45, 2.75) is 0 Å². The first-order chi connectivity index (χ1) is 21.0. The maximum Gasteiger partial charge on any atom is 0.347 e. The molecule has 3 N–H and O–H groups in total. The molecule has 5 aromatic rings. The van der Waals surface area contributed by atoms with Crippen LogP contribution in [0.2, 0.25) is 0 Å². The number of halogens is 1. The lowest BCUT2D eigenvalue weighted by molar-refractivity contribution is 0.0592. The standard InChI is InChI=1S/C16H11NO4.C9H7ClO3.C7H7NO2/c1-20-15(18)11-8-6-10(7-9-11)14-17-13-5-3-2-4-12(13)16(19)21-14;1-13-9(12)7-4-2-6(3-5-7)8(10)11;8-6-4-2-1-3-5(6)7(9)10/h2-9H,1H3;2-5H,1H3;1-4H,8H2,(H,9,10). The van der Waals surface area contributed by atoms with Crippen LogP contribution in [-0.2, 0) is 9.47 Å². The Labute approximate surface area is 255 Å². The van der Waals surface area contributed by atoms with Gasteiger partial charge in [0.15, 0.2) is 0 Å². The van der Waals surface area contributed by atoms with Crippen LogP contribution in [0.4, 0.5) is 5.69 Å². The summed E-state index contributed by atoms with van der Waals surface area (Å²) in [6.07, 6.45) is 0. The van der Waals surface area contributed by atoms with Crippen LogP contribution in [-0.4, -0.2) is 47.5 Å². The minimum Gasteiger partial charge on any atom is -0.478 e. The van der Waals surface area contributed by atoms with E-state index >= 15 is 0 Å². The van der Waals surface area contributed by atoms with E-state index in [1.54, 1.807) is 66.7 Å². The second kappa shape index (κ2) is 15.4. The van der Waals surface area contributed by atoms with Gasteiger partial charge in [-0.2, -0.15) is 0 Å². The van der Waals surface area contributed by atoms with E-state index in [4.69, 9.17) is 26.9 Å². The van der Waals surface area contributed by atoms with Gasteiger partial charge in [-0.3, -0.25) is 4.79 Å². The first kappa shape index (κ1) is 32.7. The van der Waals surface area contributed by atoms with E-state index in [2.05, 4.69) is 14.5 Å². The van der Waals surface area contributed by atoms with Crippen molar-refractivity contribution >= 4 is 51.3 Å². The highest BCUT2D eigenvalue weighted by Crippen LogP contribution is 2.19. The van der Waals surface area contributed by atoms with Crippen molar-refractivity contribution < 1.29 is 38.2 Å². The molecule has 0 radical (unpaired) electrons. The number of aromatic carboxylic acids is 1. The molecule has 0 bridgehead atoms. The zero-order chi connectivity index (χ0) is 32.2. The Morgan fingerprint density at radius 2 is 1.25 bits per heavy atom. The van der Waals surface area contributed by atoms with Gasteiger partial charge >= 0.3 is 23.5 Å². The number of carbonyl (C=O) groups is 4. The molecule has 4 aromatic carbocycles. The smallest absolute Gasteiger partial charge is 0.347 e. The van der Waals surface area contributed by atoms with E-state index in [-0.39, 0.29) is 11.5 Å². The largest absolute Gasteiger partial charge is 0.478 e. The monoisotopic (exact) mass is 616 g/mol. The Kier molecular flexibility index (Phi) is 11.5. The summed E-state index contributed by atoms with van der Waals surface area (Å²) in [4.78, 5) is 59.6. The van der Waals surface area contributed by atoms with E-state index in [9.17, 15) is 24.0 Å². The van der Waals surface area contributed by atoms with E-state index in [1.165, 1.54) is 44.6 Å². The van der Waals surface area contributed by atoms with Gasteiger partial charge in [0, 0.05) is 16.8 Å². The molecule has 0 spiro atoms. The minimum atomic E-state index is -0.988. The maximum atomic E-state index is 11.9. The molecule has 0 saturated carbocycles. The van der Waals surface area contributed by atoms with Gasteiger partial charge in [0.25, 0.3) is 5.24 Å². The average Bonchev–Trinajstić information content (AvgIpc) is 3.04. The number of methoxy groups -OCH3 is 2. The Bertz CT molecular complexity index is 1850. The lowest BCUT2D eigenvalue weighted by Crippen LogP contribution is -2.03. The van der Waals surface area contributed by atoms with Crippen LogP contribution < -0.4 is 11.4 Å². The number of benzene rings is 4. The summed E-state index contributed by atoms with van der Waals surface area (Å²) in [7, 11) is 2.61. The number of anilines is 1. The molecule has 0 aliphatic heterocycles. The summed E-state index contributed by atoms with van der Waals surface area (Å²) >= 11 is 5.21. The summed E-state index contributed by atoms with van der Waals surface area (Å²) in [6, 6.07) is 25.8. The quantitative estimate of drug-likeness (QED) is 0.146. The number of rotatable bonds is 5. The number of carbonyl (C=O) groups excluding carboxylic acids is 3. The molecule has 0 aliphatic rings. The molecule has 0 unspecified atom stereocenters. The van der Waals surface area contributed by atoms with Gasteiger partial charge in [-0.1, -0.05) is 24.3 Å².